The largest absolute Gasteiger partial charge is 1.00 e. The molecule has 6 rings (SSSR count). The van der Waals surface area contributed by atoms with Gasteiger partial charge < -0.3 is 44.2 Å². The van der Waals surface area contributed by atoms with Gasteiger partial charge in [0.2, 0.25) is 0 Å². The molecule has 4 heterocycles. The van der Waals surface area contributed by atoms with Crippen molar-refractivity contribution in [2.75, 3.05) is 6.61 Å². The normalized spacial score (nSPS) is 16.0. The molecule has 0 bridgehead atoms. The molecule has 4 aromatic rings. The third-order valence-electron chi connectivity index (χ3n) is 6.04. The second-order valence-corrected chi connectivity index (χ2v) is 10.3. The molecule has 224 valence electrons. The number of benzene rings is 2. The Labute approximate surface area is 270 Å². The zero-order valence-electron chi connectivity index (χ0n) is 23.3. The summed E-state index contributed by atoms with van der Waals surface area (Å²) in [5, 5.41) is 44.3. The fourth-order valence-electron chi connectivity index (χ4n) is 4.31. The van der Waals surface area contributed by atoms with Gasteiger partial charge in [-0.2, -0.15) is 0 Å². The summed E-state index contributed by atoms with van der Waals surface area (Å²) >= 11 is 2.51. The number of aliphatic carboxylic acids is 1. The number of carboxylic acids is 1. The Morgan fingerprint density at radius 1 is 0.864 bits per heavy atom. The Balaban J connectivity index is 0.000000231. The van der Waals surface area contributed by atoms with Gasteiger partial charge in [0.1, 0.15) is 22.5 Å². The van der Waals surface area contributed by atoms with Crippen LogP contribution in [0.15, 0.2) is 47.4 Å². The summed E-state index contributed by atoms with van der Waals surface area (Å²) in [7, 11) is -2.24. The van der Waals surface area contributed by atoms with Crippen LogP contribution in [-0.4, -0.2) is 73.8 Å². The van der Waals surface area contributed by atoms with Gasteiger partial charge in [0.25, 0.3) is 10.4 Å². The standard InChI is InChI=1S/C13H13BN2O5S.C11H9BN2O5S.Li.H2O/c1-2-19-12(17)6-11-9-4-3-8(5-10(9)14(18)21-11)20-13-16-15-7-22-13;15-10(16)4-9-7-2-1-6(3-8(7)12(17)19-9)18-11-14-13-5-20-11;;/h3-5,7,11,18H,2,6H2,1H3;1-3,5,9,17H,4H2,(H,15,16);;1H2/q;;+1;/p-1. The van der Waals surface area contributed by atoms with Gasteiger partial charge >= 0.3 is 45.0 Å². The molecule has 2 aromatic heterocycles. The van der Waals surface area contributed by atoms with Gasteiger partial charge in [-0.05, 0) is 53.2 Å². The summed E-state index contributed by atoms with van der Waals surface area (Å²) in [6, 6.07) is 10.2. The van der Waals surface area contributed by atoms with E-state index in [4.69, 9.17) is 28.6 Å². The Morgan fingerprint density at radius 2 is 1.34 bits per heavy atom. The molecule has 2 aliphatic rings. The van der Waals surface area contributed by atoms with Crippen LogP contribution in [0.4, 0.5) is 0 Å². The average Bonchev–Trinajstić information content (AvgIpc) is 3.76. The average molecular weight is 636 g/mol. The molecule has 2 unspecified atom stereocenters. The molecule has 0 amide bonds. The predicted octanol–water partition coefficient (Wildman–Crippen LogP) is -1.57. The SMILES string of the molecule is CCOC(=O)CC1OB(O)c2cc(Oc3nncs3)ccc21.O=C(O)CC1OB(O)c2cc(Oc3nncs3)ccc21.[Li+].[OH-]. The van der Waals surface area contributed by atoms with Crippen LogP contribution < -0.4 is 39.3 Å². The Kier molecular flexibility index (Phi) is 12.8. The maximum absolute atomic E-state index is 11.6. The minimum Gasteiger partial charge on any atom is -0.870 e. The number of aromatic nitrogens is 4. The van der Waals surface area contributed by atoms with Crippen molar-refractivity contribution >= 4 is 59.8 Å². The molecule has 4 N–H and O–H groups in total. The minimum atomic E-state index is -1.15. The number of fused-ring (bicyclic) bond motifs is 2. The van der Waals surface area contributed by atoms with Gasteiger partial charge in [0.15, 0.2) is 0 Å². The van der Waals surface area contributed by atoms with Crippen LogP contribution >= 0.6 is 22.7 Å². The molecule has 0 spiro atoms. The minimum absolute atomic E-state index is 0. The van der Waals surface area contributed by atoms with Crippen LogP contribution in [0.5, 0.6) is 21.9 Å². The first kappa shape index (κ1) is 35.1. The topological polar surface area (TPSA) is 223 Å². The summed E-state index contributed by atoms with van der Waals surface area (Å²) in [6.07, 6.45) is -1.29. The van der Waals surface area contributed by atoms with Crippen molar-refractivity contribution in [2.45, 2.75) is 32.0 Å². The van der Waals surface area contributed by atoms with Crippen LogP contribution in [0.2, 0.25) is 0 Å². The van der Waals surface area contributed by atoms with Gasteiger partial charge in [-0.25, -0.2) is 0 Å². The van der Waals surface area contributed by atoms with Crippen LogP contribution in [0.25, 0.3) is 0 Å². The zero-order chi connectivity index (χ0) is 29.6. The number of carboxylic acid groups (broad SMARTS) is 1. The predicted molar refractivity (Wildman–Crippen MR) is 151 cm³/mol. The van der Waals surface area contributed by atoms with Crippen LogP contribution in [-0.2, 0) is 23.6 Å². The molecule has 0 saturated heterocycles. The Morgan fingerprint density at radius 3 is 1.75 bits per heavy atom. The number of nitrogens with zero attached hydrogens (tertiary/aromatic N) is 4. The third-order valence-corrected chi connectivity index (χ3v) is 7.17. The summed E-state index contributed by atoms with van der Waals surface area (Å²) in [6.45, 7) is 2.06. The van der Waals surface area contributed by atoms with E-state index < -0.39 is 32.4 Å². The summed E-state index contributed by atoms with van der Waals surface area (Å²) in [5.74, 6) is -0.333. The Hall–Kier alpha value is -3.37. The first-order valence-corrected chi connectivity index (χ1v) is 14.3. The quantitative estimate of drug-likeness (QED) is 0.140. The van der Waals surface area contributed by atoms with Crippen LogP contribution in [0, 0.1) is 0 Å². The van der Waals surface area contributed by atoms with Crippen molar-refractivity contribution in [1.82, 2.24) is 20.4 Å². The van der Waals surface area contributed by atoms with E-state index in [1.807, 2.05) is 0 Å². The molecular formula is C24H23B2LiN4O11S2. The van der Waals surface area contributed by atoms with Crippen LogP contribution in [0.3, 0.4) is 0 Å². The van der Waals surface area contributed by atoms with E-state index in [9.17, 15) is 19.6 Å². The van der Waals surface area contributed by atoms with Crippen molar-refractivity contribution in [3.8, 4) is 21.9 Å². The molecule has 2 aromatic carbocycles. The molecule has 15 nitrogen and oxygen atoms in total. The van der Waals surface area contributed by atoms with Crippen molar-refractivity contribution in [3.05, 3.63) is 58.5 Å². The van der Waals surface area contributed by atoms with E-state index in [0.29, 0.717) is 45.0 Å². The maximum Gasteiger partial charge on any atom is 1.00 e. The number of rotatable bonds is 9. The number of ether oxygens (including phenoxy) is 3. The summed E-state index contributed by atoms with van der Waals surface area (Å²) < 4.78 is 26.6. The van der Waals surface area contributed by atoms with Crippen molar-refractivity contribution in [3.63, 3.8) is 0 Å². The number of carbonyl (C=O) groups is 2. The second kappa shape index (κ2) is 16.1. The number of hydrogen-bond donors (Lipinski definition) is 3. The first-order valence-electron chi connectivity index (χ1n) is 12.5. The van der Waals surface area contributed by atoms with E-state index in [1.165, 1.54) is 22.7 Å². The molecule has 2 aliphatic heterocycles. The second-order valence-electron chi connectivity index (χ2n) is 8.76. The zero-order valence-corrected chi connectivity index (χ0v) is 24.9. The Bertz CT molecular complexity index is 1540. The van der Waals surface area contributed by atoms with Crippen molar-refractivity contribution in [1.29, 1.82) is 0 Å². The van der Waals surface area contributed by atoms with Gasteiger partial charge in [0, 0.05) is 0 Å². The number of esters is 1. The monoisotopic (exact) mass is 636 g/mol. The van der Waals surface area contributed by atoms with E-state index >= 15 is 0 Å². The van der Waals surface area contributed by atoms with Gasteiger partial charge in [-0.3, -0.25) is 9.59 Å². The maximum atomic E-state index is 11.6. The fourth-order valence-corrected chi connectivity index (χ4v) is 5.16. The molecular weight excluding hydrogens is 613 g/mol. The molecule has 0 radical (unpaired) electrons. The smallest absolute Gasteiger partial charge is 0.870 e. The molecule has 0 fully saturated rings. The van der Waals surface area contributed by atoms with E-state index in [-0.39, 0.29) is 43.1 Å². The van der Waals surface area contributed by atoms with E-state index in [2.05, 4.69) is 20.4 Å². The fraction of sp³-hybridized carbons (Fsp3) is 0.250. The first-order chi connectivity index (χ1) is 20.3. The molecule has 0 aliphatic carbocycles. The molecule has 20 heteroatoms. The summed E-state index contributed by atoms with van der Waals surface area (Å²) in [4.78, 5) is 22.3. The molecule has 44 heavy (non-hydrogen) atoms. The van der Waals surface area contributed by atoms with Crippen molar-refractivity contribution < 1.29 is 72.6 Å². The number of hydrogen-bond acceptors (Lipinski definition) is 16. The van der Waals surface area contributed by atoms with Gasteiger partial charge in [-0.15, -0.1) is 10.2 Å². The van der Waals surface area contributed by atoms with Gasteiger partial charge in [0.05, 0.1) is 31.7 Å². The van der Waals surface area contributed by atoms with Crippen LogP contribution in [0.1, 0.15) is 43.1 Å². The van der Waals surface area contributed by atoms with Crippen molar-refractivity contribution in [2.24, 2.45) is 0 Å². The molecule has 0 saturated carbocycles. The summed E-state index contributed by atoms with van der Waals surface area (Å²) in [5.41, 5.74) is 5.61. The number of carbonyl (C=O) groups excluding carboxylic acids is 1. The van der Waals surface area contributed by atoms with E-state index in [1.54, 1.807) is 54.3 Å². The third kappa shape index (κ3) is 8.63. The molecule has 2 atom stereocenters. The van der Waals surface area contributed by atoms with Gasteiger partial charge in [-0.1, -0.05) is 45.0 Å². The van der Waals surface area contributed by atoms with E-state index in [0.717, 1.165) is 5.56 Å².